The van der Waals surface area contributed by atoms with Crippen LogP contribution in [0.15, 0.2) is 60.7 Å². The Morgan fingerprint density at radius 1 is 0.875 bits per heavy atom. The smallest absolute Gasteiger partial charge is 0.199 e. The van der Waals surface area contributed by atoms with Crippen LogP contribution in [0.3, 0.4) is 0 Å². The number of phenols is 1. The van der Waals surface area contributed by atoms with Crippen LogP contribution in [0, 0.1) is 0 Å². The van der Waals surface area contributed by atoms with E-state index in [2.05, 4.69) is 0 Å². The minimum atomic E-state index is -0.190. The molecule has 0 aliphatic carbocycles. The van der Waals surface area contributed by atoms with Crippen LogP contribution in [-0.2, 0) is 4.74 Å². The highest BCUT2D eigenvalue weighted by Gasteiger charge is 2.06. The summed E-state index contributed by atoms with van der Waals surface area (Å²) in [5.74, 6) is 1.09. The fourth-order valence-corrected chi connectivity index (χ4v) is 2.15. The van der Waals surface area contributed by atoms with E-state index in [-0.39, 0.29) is 12.0 Å². The van der Waals surface area contributed by atoms with E-state index in [4.69, 9.17) is 9.47 Å². The lowest BCUT2D eigenvalue weighted by atomic mass is 10.2. The third-order valence-electron chi connectivity index (χ3n) is 3.42. The van der Waals surface area contributed by atoms with Gasteiger partial charge in [-0.15, -0.1) is 0 Å². The predicted molar refractivity (Wildman–Crippen MR) is 98.9 cm³/mol. The van der Waals surface area contributed by atoms with Crippen molar-refractivity contribution in [2.45, 2.75) is 26.6 Å². The van der Waals surface area contributed by atoms with E-state index in [0.717, 1.165) is 23.3 Å². The van der Waals surface area contributed by atoms with Crippen molar-refractivity contribution in [2.24, 2.45) is 0 Å². The number of ether oxygens (including phenoxy) is 2. The van der Waals surface area contributed by atoms with Crippen molar-refractivity contribution in [1.82, 2.24) is 0 Å². The molecule has 126 valence electrons. The molecular formula is C21H24O3. The topological polar surface area (TPSA) is 38.7 Å². The van der Waals surface area contributed by atoms with Gasteiger partial charge in [-0.25, -0.2) is 0 Å². The molecule has 0 fully saturated rings. The molecule has 1 unspecified atom stereocenters. The molecule has 0 heterocycles. The van der Waals surface area contributed by atoms with Crippen molar-refractivity contribution >= 4 is 12.2 Å². The van der Waals surface area contributed by atoms with Gasteiger partial charge in [-0.2, -0.15) is 0 Å². The minimum Gasteiger partial charge on any atom is -0.508 e. The first-order valence-corrected chi connectivity index (χ1v) is 8.23. The van der Waals surface area contributed by atoms with E-state index in [1.165, 1.54) is 0 Å². The van der Waals surface area contributed by atoms with Crippen LogP contribution in [0.4, 0.5) is 0 Å². The summed E-state index contributed by atoms with van der Waals surface area (Å²) < 4.78 is 11.3. The molecule has 1 atom stereocenters. The summed E-state index contributed by atoms with van der Waals surface area (Å²) in [6, 6.07) is 15.0. The molecule has 0 radical (unpaired) electrons. The molecule has 0 saturated heterocycles. The van der Waals surface area contributed by atoms with E-state index >= 15 is 0 Å². The molecule has 3 heteroatoms. The number of rotatable bonds is 8. The van der Waals surface area contributed by atoms with Crippen molar-refractivity contribution in [1.29, 1.82) is 0 Å². The van der Waals surface area contributed by atoms with Crippen LogP contribution in [0.1, 0.15) is 31.4 Å². The Balaban J connectivity index is 1.89. The second-order valence-corrected chi connectivity index (χ2v) is 5.29. The Kier molecular flexibility index (Phi) is 7.12. The average Bonchev–Trinajstić information content (AvgIpc) is 2.61. The van der Waals surface area contributed by atoms with Crippen LogP contribution in [0.25, 0.3) is 12.2 Å². The van der Waals surface area contributed by atoms with Gasteiger partial charge in [-0.1, -0.05) is 55.5 Å². The molecule has 0 aliphatic rings. The van der Waals surface area contributed by atoms with Gasteiger partial charge in [-0.3, -0.25) is 0 Å². The quantitative estimate of drug-likeness (QED) is 0.531. The molecule has 1 N–H and O–H groups in total. The number of phenolic OH excluding ortho intramolecular Hbond substituents is 1. The van der Waals surface area contributed by atoms with Crippen molar-refractivity contribution in [3.05, 3.63) is 71.8 Å². The van der Waals surface area contributed by atoms with E-state index in [1.807, 2.05) is 74.5 Å². The predicted octanol–water partition coefficient (Wildman–Crippen LogP) is 5.27. The fourth-order valence-electron chi connectivity index (χ4n) is 2.15. The van der Waals surface area contributed by atoms with Gasteiger partial charge in [0, 0.05) is 13.0 Å². The maximum absolute atomic E-state index is 9.24. The van der Waals surface area contributed by atoms with Gasteiger partial charge in [0.15, 0.2) is 6.29 Å². The van der Waals surface area contributed by atoms with E-state index in [1.54, 1.807) is 12.1 Å². The fraction of sp³-hybridized carbons (Fsp3) is 0.238. The van der Waals surface area contributed by atoms with Crippen LogP contribution < -0.4 is 4.74 Å². The van der Waals surface area contributed by atoms with Crippen LogP contribution in [-0.4, -0.2) is 18.0 Å². The van der Waals surface area contributed by atoms with Crippen LogP contribution in [0.5, 0.6) is 11.5 Å². The van der Waals surface area contributed by atoms with Gasteiger partial charge < -0.3 is 14.6 Å². The number of hydrogen-bond acceptors (Lipinski definition) is 3. The molecule has 0 spiro atoms. The van der Waals surface area contributed by atoms with Gasteiger partial charge in [0.05, 0.1) is 0 Å². The summed E-state index contributed by atoms with van der Waals surface area (Å²) in [4.78, 5) is 0. The maximum atomic E-state index is 9.24. The Morgan fingerprint density at radius 3 is 1.92 bits per heavy atom. The largest absolute Gasteiger partial charge is 0.508 e. The molecule has 2 aromatic rings. The molecular weight excluding hydrogens is 300 g/mol. The number of allylic oxidation sites excluding steroid dienone is 2. The first kappa shape index (κ1) is 17.8. The Bertz CT molecular complexity index is 654. The van der Waals surface area contributed by atoms with Crippen molar-refractivity contribution in [3.8, 4) is 11.5 Å². The van der Waals surface area contributed by atoms with Crippen LogP contribution in [0.2, 0.25) is 0 Å². The van der Waals surface area contributed by atoms with Crippen LogP contribution >= 0.6 is 0 Å². The van der Waals surface area contributed by atoms with Crippen molar-refractivity contribution in [3.63, 3.8) is 0 Å². The number of aromatic hydroxyl groups is 1. The third-order valence-corrected chi connectivity index (χ3v) is 3.42. The lowest BCUT2D eigenvalue weighted by Gasteiger charge is -2.17. The summed E-state index contributed by atoms with van der Waals surface area (Å²) in [6.45, 7) is 4.65. The van der Waals surface area contributed by atoms with Gasteiger partial charge in [0.25, 0.3) is 0 Å². The highest BCUT2D eigenvalue weighted by molar-refractivity contribution is 5.57. The first-order chi connectivity index (χ1) is 11.7. The summed E-state index contributed by atoms with van der Waals surface area (Å²) in [5, 5.41) is 9.24. The molecule has 0 saturated carbocycles. The zero-order valence-corrected chi connectivity index (χ0v) is 14.2. The second-order valence-electron chi connectivity index (χ2n) is 5.29. The van der Waals surface area contributed by atoms with Gasteiger partial charge in [0.2, 0.25) is 0 Å². The van der Waals surface area contributed by atoms with Crippen molar-refractivity contribution in [2.75, 3.05) is 6.61 Å². The summed E-state index contributed by atoms with van der Waals surface area (Å²) in [7, 11) is 0. The standard InChI is InChI=1S/C21H24O3/c1-3-21(23-4-2)24-20-15-11-18(12-16-20)8-6-5-7-17-9-13-19(22)14-10-17/h5-16,21-22H,3-4H2,1-2H3. The molecule has 0 bridgehead atoms. The van der Waals surface area contributed by atoms with Gasteiger partial charge >= 0.3 is 0 Å². The zero-order chi connectivity index (χ0) is 17.2. The Morgan fingerprint density at radius 2 is 1.42 bits per heavy atom. The molecule has 0 aromatic heterocycles. The van der Waals surface area contributed by atoms with Gasteiger partial charge in [-0.05, 0) is 42.3 Å². The maximum Gasteiger partial charge on any atom is 0.199 e. The lowest BCUT2D eigenvalue weighted by molar-refractivity contribution is -0.0766. The summed E-state index contributed by atoms with van der Waals surface area (Å²) in [5.41, 5.74) is 2.14. The van der Waals surface area contributed by atoms with Gasteiger partial charge in [0.1, 0.15) is 11.5 Å². The minimum absolute atomic E-state index is 0.190. The Hall–Kier alpha value is -2.52. The highest BCUT2D eigenvalue weighted by atomic mass is 16.7. The highest BCUT2D eigenvalue weighted by Crippen LogP contribution is 2.16. The average molecular weight is 324 g/mol. The molecule has 2 aromatic carbocycles. The first-order valence-electron chi connectivity index (χ1n) is 8.23. The zero-order valence-electron chi connectivity index (χ0n) is 14.2. The van der Waals surface area contributed by atoms with E-state index in [0.29, 0.717) is 6.61 Å². The van der Waals surface area contributed by atoms with E-state index in [9.17, 15) is 5.11 Å². The summed E-state index contributed by atoms with van der Waals surface area (Å²) >= 11 is 0. The summed E-state index contributed by atoms with van der Waals surface area (Å²) in [6.07, 6.45) is 8.60. The number of hydrogen-bond donors (Lipinski definition) is 1. The molecule has 0 aliphatic heterocycles. The van der Waals surface area contributed by atoms with Crippen molar-refractivity contribution < 1.29 is 14.6 Å². The molecule has 0 amide bonds. The molecule has 24 heavy (non-hydrogen) atoms. The number of benzene rings is 2. The lowest BCUT2D eigenvalue weighted by Crippen LogP contribution is -2.19. The SMILES string of the molecule is CCOC(CC)Oc1ccc(C=CC=Cc2ccc(O)cc2)cc1. The Labute approximate surface area is 143 Å². The third kappa shape index (κ3) is 5.94. The second kappa shape index (κ2) is 9.58. The molecule has 2 rings (SSSR count). The normalized spacial score (nSPS) is 12.8. The monoisotopic (exact) mass is 324 g/mol. The van der Waals surface area contributed by atoms with E-state index < -0.39 is 0 Å². The molecule has 3 nitrogen and oxygen atoms in total.